The number of aryl methyl sites for hydroxylation is 1. The zero-order valence-electron chi connectivity index (χ0n) is 15.7. The first-order valence-electron chi connectivity index (χ1n) is 8.50. The molecule has 0 saturated heterocycles. The van der Waals surface area contributed by atoms with Gasteiger partial charge in [0, 0.05) is 13.0 Å². The van der Waals surface area contributed by atoms with Crippen LogP contribution < -0.4 is 14.4 Å². The fraction of sp³-hybridized carbons (Fsp3) is 0.263. The molecule has 8 nitrogen and oxygen atoms in total. The molecule has 1 aliphatic rings. The van der Waals surface area contributed by atoms with Crippen LogP contribution >= 0.6 is 0 Å². The number of nitrogens with zero attached hydrogens (tertiary/aromatic N) is 1. The van der Waals surface area contributed by atoms with E-state index >= 15 is 0 Å². The maximum atomic E-state index is 13.0. The first-order valence-corrected chi connectivity index (χ1v) is 9.98. The van der Waals surface area contributed by atoms with E-state index in [0.29, 0.717) is 23.5 Å². The standard InChI is InChI=1S/C19H20N2O6S/c1-12-10-16-17(27-9-8-21(16)13(2)22)11-18(12)28(24,25)20-15-7-5-4-6-14(15)19(23)26-3/h4-7,10-11,20H,8-9H2,1-3H3. The molecular weight excluding hydrogens is 384 g/mol. The monoisotopic (exact) mass is 404 g/mol. The fourth-order valence-corrected chi connectivity index (χ4v) is 4.35. The fourth-order valence-electron chi connectivity index (χ4n) is 3.02. The average Bonchev–Trinajstić information content (AvgIpc) is 2.66. The van der Waals surface area contributed by atoms with Crippen LogP contribution in [-0.4, -0.2) is 40.6 Å². The largest absolute Gasteiger partial charge is 0.489 e. The van der Waals surface area contributed by atoms with Crippen molar-refractivity contribution in [2.24, 2.45) is 0 Å². The van der Waals surface area contributed by atoms with E-state index in [1.54, 1.807) is 30.0 Å². The second-order valence-electron chi connectivity index (χ2n) is 6.25. The van der Waals surface area contributed by atoms with Gasteiger partial charge in [0.1, 0.15) is 12.4 Å². The summed E-state index contributed by atoms with van der Waals surface area (Å²) in [7, 11) is -2.80. The second-order valence-corrected chi connectivity index (χ2v) is 7.90. The summed E-state index contributed by atoms with van der Waals surface area (Å²) in [6.07, 6.45) is 0. The summed E-state index contributed by atoms with van der Waals surface area (Å²) < 4.78 is 38.7. The molecule has 0 aliphatic carbocycles. The number of esters is 1. The molecule has 0 unspecified atom stereocenters. The van der Waals surface area contributed by atoms with E-state index in [0.717, 1.165) is 0 Å². The van der Waals surface area contributed by atoms with Crippen LogP contribution in [0, 0.1) is 6.92 Å². The summed E-state index contributed by atoms with van der Waals surface area (Å²) in [4.78, 5) is 25.3. The summed E-state index contributed by atoms with van der Waals surface area (Å²) in [6.45, 7) is 3.75. The molecule has 1 aliphatic heterocycles. The molecule has 0 saturated carbocycles. The number of carbonyl (C=O) groups excluding carboxylic acids is 2. The third-order valence-electron chi connectivity index (χ3n) is 4.37. The number of anilines is 2. The quantitative estimate of drug-likeness (QED) is 0.785. The first-order chi connectivity index (χ1) is 13.2. The average molecular weight is 404 g/mol. The van der Waals surface area contributed by atoms with E-state index in [4.69, 9.17) is 9.47 Å². The number of sulfonamides is 1. The van der Waals surface area contributed by atoms with Gasteiger partial charge in [-0.3, -0.25) is 9.52 Å². The van der Waals surface area contributed by atoms with Crippen LogP contribution in [0.4, 0.5) is 11.4 Å². The second kappa shape index (κ2) is 7.51. The minimum absolute atomic E-state index is 0.00341. The minimum Gasteiger partial charge on any atom is -0.489 e. The maximum Gasteiger partial charge on any atom is 0.339 e. The van der Waals surface area contributed by atoms with Gasteiger partial charge in [-0.2, -0.15) is 0 Å². The summed E-state index contributed by atoms with van der Waals surface area (Å²) in [5, 5.41) is 0. The molecule has 28 heavy (non-hydrogen) atoms. The van der Waals surface area contributed by atoms with E-state index in [1.165, 1.54) is 32.2 Å². The Morgan fingerprint density at radius 1 is 1.21 bits per heavy atom. The molecule has 9 heteroatoms. The highest BCUT2D eigenvalue weighted by Gasteiger charge is 2.27. The Kier molecular flexibility index (Phi) is 5.28. The molecule has 0 spiro atoms. The molecule has 0 radical (unpaired) electrons. The number of ether oxygens (including phenoxy) is 2. The Bertz CT molecular complexity index is 1050. The molecule has 0 fully saturated rings. The third-order valence-corrected chi connectivity index (χ3v) is 5.87. The summed E-state index contributed by atoms with van der Waals surface area (Å²) in [5.41, 5.74) is 1.18. The first kappa shape index (κ1) is 19.7. The van der Waals surface area contributed by atoms with Gasteiger partial charge in [0.05, 0.1) is 35.5 Å². The normalized spacial score (nSPS) is 13.3. The minimum atomic E-state index is -4.02. The number of nitrogens with one attached hydrogen (secondary N) is 1. The molecule has 0 aromatic heterocycles. The highest BCUT2D eigenvalue weighted by Crippen LogP contribution is 2.36. The number of fused-ring (bicyclic) bond motifs is 1. The molecule has 0 bridgehead atoms. The van der Waals surface area contributed by atoms with Crippen molar-refractivity contribution >= 4 is 33.3 Å². The smallest absolute Gasteiger partial charge is 0.339 e. The van der Waals surface area contributed by atoms with Crippen molar-refractivity contribution in [2.45, 2.75) is 18.7 Å². The molecular formula is C19H20N2O6S. The van der Waals surface area contributed by atoms with Crippen molar-refractivity contribution in [3.05, 3.63) is 47.5 Å². The topological polar surface area (TPSA) is 102 Å². The van der Waals surface area contributed by atoms with Crippen molar-refractivity contribution in [3.63, 3.8) is 0 Å². The van der Waals surface area contributed by atoms with Crippen molar-refractivity contribution in [1.29, 1.82) is 0 Å². The number of carbonyl (C=O) groups is 2. The third kappa shape index (κ3) is 3.65. The Hall–Kier alpha value is -3.07. The Morgan fingerprint density at radius 2 is 1.93 bits per heavy atom. The van der Waals surface area contributed by atoms with Crippen molar-refractivity contribution < 1.29 is 27.5 Å². The number of methoxy groups -OCH3 is 1. The van der Waals surface area contributed by atoms with E-state index < -0.39 is 16.0 Å². The molecule has 0 atom stereocenters. The van der Waals surface area contributed by atoms with E-state index in [1.807, 2.05) is 0 Å². The number of para-hydroxylation sites is 1. The zero-order chi connectivity index (χ0) is 20.5. The maximum absolute atomic E-state index is 13.0. The molecule has 2 aromatic rings. The lowest BCUT2D eigenvalue weighted by atomic mass is 10.1. The van der Waals surface area contributed by atoms with Crippen LogP contribution in [0.5, 0.6) is 5.75 Å². The Labute approximate surface area is 163 Å². The van der Waals surface area contributed by atoms with Gasteiger partial charge in [-0.25, -0.2) is 13.2 Å². The van der Waals surface area contributed by atoms with Gasteiger partial charge in [0.15, 0.2) is 0 Å². The van der Waals surface area contributed by atoms with E-state index in [-0.39, 0.29) is 28.7 Å². The molecule has 1 N–H and O–H groups in total. The van der Waals surface area contributed by atoms with Gasteiger partial charge in [0.2, 0.25) is 5.91 Å². The number of hydrogen-bond donors (Lipinski definition) is 1. The highest BCUT2D eigenvalue weighted by molar-refractivity contribution is 7.92. The van der Waals surface area contributed by atoms with Crippen molar-refractivity contribution in [3.8, 4) is 5.75 Å². The summed E-state index contributed by atoms with van der Waals surface area (Å²) in [5.74, 6) is -0.487. The number of hydrogen-bond acceptors (Lipinski definition) is 6. The zero-order valence-corrected chi connectivity index (χ0v) is 16.5. The number of benzene rings is 2. The van der Waals surface area contributed by atoms with Crippen LogP contribution in [0.1, 0.15) is 22.8 Å². The van der Waals surface area contributed by atoms with Gasteiger partial charge in [-0.1, -0.05) is 12.1 Å². The lowest BCUT2D eigenvalue weighted by Crippen LogP contribution is -2.36. The van der Waals surface area contributed by atoms with Gasteiger partial charge >= 0.3 is 5.97 Å². The van der Waals surface area contributed by atoms with Crippen LogP contribution in [0.2, 0.25) is 0 Å². The molecule has 148 valence electrons. The van der Waals surface area contributed by atoms with Crippen LogP contribution in [0.25, 0.3) is 0 Å². The molecule has 3 rings (SSSR count). The lowest BCUT2D eigenvalue weighted by molar-refractivity contribution is -0.116. The van der Waals surface area contributed by atoms with Gasteiger partial charge in [-0.05, 0) is 30.7 Å². The van der Waals surface area contributed by atoms with Gasteiger partial charge in [-0.15, -0.1) is 0 Å². The lowest BCUT2D eigenvalue weighted by Gasteiger charge is -2.29. The van der Waals surface area contributed by atoms with Gasteiger partial charge < -0.3 is 14.4 Å². The Morgan fingerprint density at radius 3 is 2.61 bits per heavy atom. The number of amides is 1. The van der Waals surface area contributed by atoms with Crippen LogP contribution in [0.15, 0.2) is 41.3 Å². The van der Waals surface area contributed by atoms with Gasteiger partial charge in [0.25, 0.3) is 10.0 Å². The van der Waals surface area contributed by atoms with E-state index in [2.05, 4.69) is 4.72 Å². The predicted octanol–water partition coefficient (Wildman–Crippen LogP) is 2.33. The van der Waals surface area contributed by atoms with Crippen LogP contribution in [0.3, 0.4) is 0 Å². The number of rotatable bonds is 4. The molecule has 2 aromatic carbocycles. The molecule has 1 amide bonds. The van der Waals surface area contributed by atoms with E-state index in [9.17, 15) is 18.0 Å². The summed E-state index contributed by atoms with van der Waals surface area (Å²) in [6, 6.07) is 9.17. The Balaban J connectivity index is 2.02. The predicted molar refractivity (Wildman–Crippen MR) is 103 cm³/mol. The van der Waals surface area contributed by atoms with Crippen molar-refractivity contribution in [1.82, 2.24) is 0 Å². The SMILES string of the molecule is COC(=O)c1ccccc1NS(=O)(=O)c1cc2c(cc1C)N(C(C)=O)CCO2. The van der Waals surface area contributed by atoms with Crippen molar-refractivity contribution in [2.75, 3.05) is 29.9 Å². The molecule has 1 heterocycles. The highest BCUT2D eigenvalue weighted by atomic mass is 32.2. The van der Waals surface area contributed by atoms with Crippen LogP contribution in [-0.2, 0) is 19.6 Å². The summed E-state index contributed by atoms with van der Waals surface area (Å²) >= 11 is 0.